The lowest BCUT2D eigenvalue weighted by Gasteiger charge is -2.07. The highest BCUT2D eigenvalue weighted by molar-refractivity contribution is 6.33. The Morgan fingerprint density at radius 2 is 2.27 bits per heavy atom. The highest BCUT2D eigenvalue weighted by Crippen LogP contribution is 2.28. The molecule has 15 heavy (non-hydrogen) atoms. The van der Waals surface area contributed by atoms with Crippen LogP contribution in [0.4, 0.5) is 5.69 Å². The number of aryl methyl sites for hydroxylation is 1. The van der Waals surface area contributed by atoms with Gasteiger partial charge in [0.1, 0.15) is 5.82 Å². The number of benzene rings is 1. The third-order valence-electron chi connectivity index (χ3n) is 2.29. The van der Waals surface area contributed by atoms with Crippen molar-refractivity contribution in [2.45, 2.75) is 13.5 Å². The molecular formula is C11H12ClN3. The van der Waals surface area contributed by atoms with E-state index in [1.807, 2.05) is 22.9 Å². The molecule has 0 fully saturated rings. The molecule has 0 aliphatic rings. The van der Waals surface area contributed by atoms with Crippen LogP contribution in [0.5, 0.6) is 0 Å². The van der Waals surface area contributed by atoms with Crippen molar-refractivity contribution in [2.75, 3.05) is 5.73 Å². The Hall–Kier alpha value is -1.48. The van der Waals surface area contributed by atoms with Crippen LogP contribution in [-0.2, 0) is 6.54 Å². The summed E-state index contributed by atoms with van der Waals surface area (Å²) in [4.78, 5) is 4.29. The van der Waals surface area contributed by atoms with Crippen LogP contribution in [0.1, 0.15) is 6.92 Å². The average molecular weight is 222 g/mol. The fourth-order valence-corrected chi connectivity index (χ4v) is 1.79. The van der Waals surface area contributed by atoms with Gasteiger partial charge in [-0.05, 0) is 25.1 Å². The van der Waals surface area contributed by atoms with Gasteiger partial charge < -0.3 is 10.3 Å². The molecule has 0 saturated carbocycles. The van der Waals surface area contributed by atoms with E-state index in [4.69, 9.17) is 17.3 Å². The lowest BCUT2D eigenvalue weighted by molar-refractivity contribution is 0.771. The summed E-state index contributed by atoms with van der Waals surface area (Å²) in [5.41, 5.74) is 7.22. The van der Waals surface area contributed by atoms with Crippen LogP contribution in [0.3, 0.4) is 0 Å². The number of nitrogen functional groups attached to an aromatic ring is 1. The van der Waals surface area contributed by atoms with Gasteiger partial charge in [-0.25, -0.2) is 4.98 Å². The molecule has 78 valence electrons. The second kappa shape index (κ2) is 3.95. The Morgan fingerprint density at radius 1 is 1.47 bits per heavy atom. The fourth-order valence-electron chi connectivity index (χ4n) is 1.52. The third-order valence-corrected chi connectivity index (χ3v) is 2.60. The Bertz CT molecular complexity index is 476. The molecule has 0 saturated heterocycles. The van der Waals surface area contributed by atoms with Gasteiger partial charge in [0.15, 0.2) is 0 Å². The zero-order chi connectivity index (χ0) is 10.8. The SMILES string of the molecule is CCn1ccnc1-c1ccc(N)cc1Cl. The van der Waals surface area contributed by atoms with Crippen molar-refractivity contribution in [3.05, 3.63) is 35.6 Å². The number of aromatic nitrogens is 2. The molecule has 0 unspecified atom stereocenters. The molecule has 1 heterocycles. The molecule has 0 bridgehead atoms. The minimum Gasteiger partial charge on any atom is -0.399 e. The van der Waals surface area contributed by atoms with Crippen molar-refractivity contribution >= 4 is 17.3 Å². The number of hydrogen-bond donors (Lipinski definition) is 1. The molecule has 2 N–H and O–H groups in total. The van der Waals surface area contributed by atoms with E-state index in [0.717, 1.165) is 17.9 Å². The van der Waals surface area contributed by atoms with E-state index >= 15 is 0 Å². The van der Waals surface area contributed by atoms with Crippen LogP contribution in [0.2, 0.25) is 5.02 Å². The standard InChI is InChI=1S/C11H12ClN3/c1-2-15-6-5-14-11(15)9-4-3-8(13)7-10(9)12/h3-7H,2,13H2,1H3. The monoisotopic (exact) mass is 221 g/mol. The molecule has 3 nitrogen and oxygen atoms in total. The molecule has 0 atom stereocenters. The van der Waals surface area contributed by atoms with Gasteiger partial charge in [0.05, 0.1) is 5.02 Å². The van der Waals surface area contributed by atoms with Crippen LogP contribution in [0, 0.1) is 0 Å². The molecule has 1 aromatic carbocycles. The van der Waals surface area contributed by atoms with E-state index in [1.165, 1.54) is 0 Å². The highest BCUT2D eigenvalue weighted by atomic mass is 35.5. The van der Waals surface area contributed by atoms with Gasteiger partial charge in [-0.15, -0.1) is 0 Å². The van der Waals surface area contributed by atoms with E-state index in [2.05, 4.69) is 11.9 Å². The molecular weight excluding hydrogens is 210 g/mol. The first kappa shape index (κ1) is 10.1. The molecule has 0 amide bonds. The zero-order valence-corrected chi connectivity index (χ0v) is 9.20. The Morgan fingerprint density at radius 3 is 2.93 bits per heavy atom. The topological polar surface area (TPSA) is 43.8 Å². The van der Waals surface area contributed by atoms with Crippen molar-refractivity contribution in [1.82, 2.24) is 9.55 Å². The van der Waals surface area contributed by atoms with Crippen molar-refractivity contribution in [1.29, 1.82) is 0 Å². The average Bonchev–Trinajstić information content (AvgIpc) is 2.65. The summed E-state index contributed by atoms with van der Waals surface area (Å²) in [5.74, 6) is 0.877. The van der Waals surface area contributed by atoms with Gasteiger partial charge in [0, 0.05) is 30.2 Å². The lowest BCUT2D eigenvalue weighted by Crippen LogP contribution is -1.97. The summed E-state index contributed by atoms with van der Waals surface area (Å²) in [6.45, 7) is 2.94. The fraction of sp³-hybridized carbons (Fsp3) is 0.182. The summed E-state index contributed by atoms with van der Waals surface area (Å²) in [6, 6.07) is 5.47. The molecule has 1 aromatic heterocycles. The van der Waals surface area contributed by atoms with Crippen LogP contribution in [-0.4, -0.2) is 9.55 Å². The predicted octanol–water partition coefficient (Wildman–Crippen LogP) is 2.81. The van der Waals surface area contributed by atoms with E-state index in [0.29, 0.717) is 10.7 Å². The van der Waals surface area contributed by atoms with E-state index < -0.39 is 0 Å². The van der Waals surface area contributed by atoms with E-state index in [1.54, 1.807) is 12.3 Å². The summed E-state index contributed by atoms with van der Waals surface area (Å²) in [7, 11) is 0. The summed E-state index contributed by atoms with van der Waals surface area (Å²) < 4.78 is 2.04. The quantitative estimate of drug-likeness (QED) is 0.793. The van der Waals surface area contributed by atoms with Gasteiger partial charge in [0.25, 0.3) is 0 Å². The summed E-state index contributed by atoms with van der Waals surface area (Å²) >= 11 is 6.12. The number of nitrogens with zero attached hydrogens (tertiary/aromatic N) is 2. The Labute approximate surface area is 93.5 Å². The number of anilines is 1. The van der Waals surface area contributed by atoms with Crippen LogP contribution in [0.15, 0.2) is 30.6 Å². The molecule has 2 aromatic rings. The van der Waals surface area contributed by atoms with Gasteiger partial charge in [0.2, 0.25) is 0 Å². The molecule has 0 radical (unpaired) electrons. The maximum Gasteiger partial charge on any atom is 0.141 e. The number of imidazole rings is 1. The number of halogens is 1. The lowest BCUT2D eigenvalue weighted by atomic mass is 10.2. The maximum absolute atomic E-state index is 6.12. The second-order valence-electron chi connectivity index (χ2n) is 3.28. The van der Waals surface area contributed by atoms with Gasteiger partial charge in [-0.2, -0.15) is 0 Å². The summed E-state index contributed by atoms with van der Waals surface area (Å²) in [5, 5.41) is 0.635. The molecule has 0 aliphatic heterocycles. The smallest absolute Gasteiger partial charge is 0.141 e. The Kier molecular flexibility index (Phi) is 2.64. The van der Waals surface area contributed by atoms with Crippen molar-refractivity contribution in [2.24, 2.45) is 0 Å². The summed E-state index contributed by atoms with van der Waals surface area (Å²) in [6.07, 6.45) is 3.70. The van der Waals surface area contributed by atoms with Crippen molar-refractivity contribution in [3.63, 3.8) is 0 Å². The van der Waals surface area contributed by atoms with E-state index in [-0.39, 0.29) is 0 Å². The first-order valence-electron chi connectivity index (χ1n) is 4.79. The minimum atomic E-state index is 0.635. The van der Waals surface area contributed by atoms with Crippen molar-refractivity contribution in [3.8, 4) is 11.4 Å². The second-order valence-corrected chi connectivity index (χ2v) is 3.68. The first-order valence-corrected chi connectivity index (χ1v) is 5.16. The maximum atomic E-state index is 6.12. The Balaban J connectivity index is 2.54. The van der Waals surface area contributed by atoms with Gasteiger partial charge in [-0.1, -0.05) is 11.6 Å². The zero-order valence-electron chi connectivity index (χ0n) is 8.44. The highest BCUT2D eigenvalue weighted by Gasteiger charge is 2.08. The number of hydrogen-bond acceptors (Lipinski definition) is 2. The molecule has 4 heteroatoms. The van der Waals surface area contributed by atoms with E-state index in [9.17, 15) is 0 Å². The van der Waals surface area contributed by atoms with Gasteiger partial charge >= 0.3 is 0 Å². The first-order chi connectivity index (χ1) is 7.22. The predicted molar refractivity (Wildman–Crippen MR) is 62.8 cm³/mol. The number of rotatable bonds is 2. The van der Waals surface area contributed by atoms with Gasteiger partial charge in [-0.3, -0.25) is 0 Å². The van der Waals surface area contributed by atoms with Crippen molar-refractivity contribution < 1.29 is 0 Å². The minimum absolute atomic E-state index is 0.635. The van der Waals surface area contributed by atoms with Crippen LogP contribution in [0.25, 0.3) is 11.4 Å². The number of nitrogens with two attached hydrogens (primary N) is 1. The van der Waals surface area contributed by atoms with Crippen LogP contribution < -0.4 is 5.73 Å². The largest absolute Gasteiger partial charge is 0.399 e. The molecule has 2 rings (SSSR count). The molecule has 0 spiro atoms. The van der Waals surface area contributed by atoms with Crippen LogP contribution >= 0.6 is 11.6 Å². The molecule has 0 aliphatic carbocycles. The third kappa shape index (κ3) is 1.83. The normalized spacial score (nSPS) is 10.5.